The Morgan fingerprint density at radius 1 is 1.44 bits per heavy atom. The fourth-order valence-electron chi connectivity index (χ4n) is 2.40. The van der Waals surface area contributed by atoms with Crippen LogP contribution in [0.4, 0.5) is 0 Å². The molecule has 16 heavy (non-hydrogen) atoms. The number of nitrogens with one attached hydrogen (secondary N) is 1. The standard InChI is InChI=1S/C13H28N2O/c1-5-8-15(12-6-7-12)9-13(4,10-16)14-11(2)3/h11-12,14,16H,5-10H2,1-4H3. The summed E-state index contributed by atoms with van der Waals surface area (Å²) in [5.41, 5.74) is -0.161. The van der Waals surface area contributed by atoms with Gasteiger partial charge < -0.3 is 10.4 Å². The van der Waals surface area contributed by atoms with Crippen molar-refractivity contribution in [3.8, 4) is 0 Å². The second kappa shape index (κ2) is 5.99. The lowest BCUT2D eigenvalue weighted by molar-refractivity contribution is 0.109. The first kappa shape index (κ1) is 13.9. The number of aliphatic hydroxyl groups is 1. The van der Waals surface area contributed by atoms with Crippen molar-refractivity contribution in [3.05, 3.63) is 0 Å². The summed E-state index contributed by atoms with van der Waals surface area (Å²) in [6, 6.07) is 1.19. The Hall–Kier alpha value is -0.120. The van der Waals surface area contributed by atoms with E-state index >= 15 is 0 Å². The van der Waals surface area contributed by atoms with Crippen molar-refractivity contribution in [2.45, 2.75) is 64.6 Å². The molecule has 1 aliphatic rings. The van der Waals surface area contributed by atoms with E-state index in [1.165, 1.54) is 19.3 Å². The van der Waals surface area contributed by atoms with Crippen LogP contribution in [-0.4, -0.2) is 47.3 Å². The Kier molecular flexibility index (Phi) is 5.22. The highest BCUT2D eigenvalue weighted by atomic mass is 16.3. The Bertz CT molecular complexity index is 204. The Labute approximate surface area is 100 Å². The van der Waals surface area contributed by atoms with Gasteiger partial charge in [-0.1, -0.05) is 20.8 Å². The van der Waals surface area contributed by atoms with E-state index in [1.54, 1.807) is 0 Å². The summed E-state index contributed by atoms with van der Waals surface area (Å²) < 4.78 is 0. The predicted octanol–water partition coefficient (Wildman–Crippen LogP) is 1.61. The summed E-state index contributed by atoms with van der Waals surface area (Å²) in [4.78, 5) is 2.53. The van der Waals surface area contributed by atoms with E-state index in [0.29, 0.717) is 6.04 Å². The van der Waals surface area contributed by atoms with E-state index in [-0.39, 0.29) is 12.1 Å². The monoisotopic (exact) mass is 228 g/mol. The van der Waals surface area contributed by atoms with Gasteiger partial charge in [-0.2, -0.15) is 0 Å². The van der Waals surface area contributed by atoms with Crippen molar-refractivity contribution in [3.63, 3.8) is 0 Å². The molecule has 0 heterocycles. The van der Waals surface area contributed by atoms with Crippen molar-refractivity contribution < 1.29 is 5.11 Å². The number of hydrogen-bond donors (Lipinski definition) is 2. The zero-order valence-electron chi connectivity index (χ0n) is 11.3. The molecule has 1 unspecified atom stereocenters. The molecule has 0 spiro atoms. The first-order valence-corrected chi connectivity index (χ1v) is 6.63. The molecule has 1 saturated carbocycles. The van der Waals surface area contributed by atoms with E-state index in [2.05, 4.69) is 37.9 Å². The van der Waals surface area contributed by atoms with Crippen LogP contribution >= 0.6 is 0 Å². The molecule has 96 valence electrons. The highest BCUT2D eigenvalue weighted by molar-refractivity contribution is 4.93. The first-order valence-electron chi connectivity index (χ1n) is 6.63. The van der Waals surface area contributed by atoms with Crippen molar-refractivity contribution in [2.75, 3.05) is 19.7 Å². The van der Waals surface area contributed by atoms with E-state index < -0.39 is 0 Å². The molecule has 0 amide bonds. The van der Waals surface area contributed by atoms with Crippen LogP contribution in [0.2, 0.25) is 0 Å². The third kappa shape index (κ3) is 4.40. The van der Waals surface area contributed by atoms with Gasteiger partial charge in [-0.3, -0.25) is 4.90 Å². The SMILES string of the molecule is CCCN(CC(C)(CO)NC(C)C)C1CC1. The second-order valence-corrected chi connectivity index (χ2v) is 5.72. The van der Waals surface area contributed by atoms with Crippen LogP contribution in [0.25, 0.3) is 0 Å². The maximum absolute atomic E-state index is 9.56. The maximum atomic E-state index is 9.56. The third-order valence-electron chi connectivity index (χ3n) is 3.11. The van der Waals surface area contributed by atoms with Gasteiger partial charge in [0.1, 0.15) is 0 Å². The number of hydrogen-bond acceptors (Lipinski definition) is 3. The first-order chi connectivity index (χ1) is 7.50. The molecule has 0 aliphatic heterocycles. The third-order valence-corrected chi connectivity index (χ3v) is 3.11. The lowest BCUT2D eigenvalue weighted by atomic mass is 10.0. The van der Waals surface area contributed by atoms with Crippen LogP contribution in [-0.2, 0) is 0 Å². The summed E-state index contributed by atoms with van der Waals surface area (Å²) in [6.45, 7) is 10.9. The zero-order chi connectivity index (χ0) is 12.2. The Morgan fingerprint density at radius 3 is 2.44 bits per heavy atom. The van der Waals surface area contributed by atoms with Crippen LogP contribution in [0.15, 0.2) is 0 Å². The highest BCUT2D eigenvalue weighted by Gasteiger charge is 2.34. The molecule has 1 aliphatic carbocycles. The van der Waals surface area contributed by atoms with Crippen LogP contribution in [0.3, 0.4) is 0 Å². The summed E-state index contributed by atoms with van der Waals surface area (Å²) >= 11 is 0. The number of aliphatic hydroxyl groups excluding tert-OH is 1. The zero-order valence-corrected chi connectivity index (χ0v) is 11.3. The molecule has 2 N–H and O–H groups in total. The molecule has 0 bridgehead atoms. The predicted molar refractivity (Wildman–Crippen MR) is 68.6 cm³/mol. The normalized spacial score (nSPS) is 20.4. The molecule has 1 atom stereocenters. The average molecular weight is 228 g/mol. The van der Waals surface area contributed by atoms with Crippen LogP contribution in [0.5, 0.6) is 0 Å². The summed E-state index contributed by atoms with van der Waals surface area (Å²) in [5.74, 6) is 0. The highest BCUT2D eigenvalue weighted by Crippen LogP contribution is 2.28. The van der Waals surface area contributed by atoms with Gasteiger partial charge in [-0.25, -0.2) is 0 Å². The smallest absolute Gasteiger partial charge is 0.0623 e. The van der Waals surface area contributed by atoms with Gasteiger partial charge in [0.05, 0.1) is 12.1 Å². The Balaban J connectivity index is 2.50. The van der Waals surface area contributed by atoms with E-state index in [4.69, 9.17) is 0 Å². The van der Waals surface area contributed by atoms with E-state index in [1.807, 2.05) is 0 Å². The van der Waals surface area contributed by atoms with Gasteiger partial charge >= 0.3 is 0 Å². The minimum Gasteiger partial charge on any atom is -0.394 e. The number of rotatable bonds is 8. The molecule has 1 fully saturated rings. The van der Waals surface area contributed by atoms with Gasteiger partial charge in [-0.05, 0) is 32.7 Å². The molecule has 0 radical (unpaired) electrons. The summed E-state index contributed by atoms with van der Waals surface area (Å²) in [5, 5.41) is 13.1. The van der Waals surface area contributed by atoms with Gasteiger partial charge in [0, 0.05) is 18.6 Å². The van der Waals surface area contributed by atoms with Crippen molar-refractivity contribution in [1.29, 1.82) is 0 Å². The maximum Gasteiger partial charge on any atom is 0.0623 e. The quantitative estimate of drug-likeness (QED) is 0.662. The molecule has 0 saturated heterocycles. The molecule has 1 rings (SSSR count). The van der Waals surface area contributed by atoms with Crippen molar-refractivity contribution in [2.24, 2.45) is 0 Å². The Morgan fingerprint density at radius 2 is 2.06 bits per heavy atom. The van der Waals surface area contributed by atoms with Crippen molar-refractivity contribution in [1.82, 2.24) is 10.2 Å². The van der Waals surface area contributed by atoms with Gasteiger partial charge in [-0.15, -0.1) is 0 Å². The average Bonchev–Trinajstić information content (AvgIpc) is 2.99. The summed E-state index contributed by atoms with van der Waals surface area (Å²) in [6.07, 6.45) is 3.87. The molecular weight excluding hydrogens is 200 g/mol. The second-order valence-electron chi connectivity index (χ2n) is 5.72. The molecule has 0 aromatic heterocycles. The fraction of sp³-hybridized carbons (Fsp3) is 1.00. The van der Waals surface area contributed by atoms with Crippen LogP contribution in [0, 0.1) is 0 Å². The molecule has 3 nitrogen and oxygen atoms in total. The molecule has 0 aromatic rings. The fourth-order valence-corrected chi connectivity index (χ4v) is 2.40. The topological polar surface area (TPSA) is 35.5 Å². The van der Waals surface area contributed by atoms with E-state index in [0.717, 1.165) is 19.1 Å². The molecule has 3 heteroatoms. The van der Waals surface area contributed by atoms with Gasteiger partial charge in [0.15, 0.2) is 0 Å². The van der Waals surface area contributed by atoms with Crippen LogP contribution < -0.4 is 5.32 Å². The molecular formula is C13H28N2O. The van der Waals surface area contributed by atoms with Gasteiger partial charge in [0.25, 0.3) is 0 Å². The summed E-state index contributed by atoms with van der Waals surface area (Å²) in [7, 11) is 0. The van der Waals surface area contributed by atoms with Gasteiger partial charge in [0.2, 0.25) is 0 Å². The van der Waals surface area contributed by atoms with Crippen molar-refractivity contribution >= 4 is 0 Å². The van der Waals surface area contributed by atoms with Crippen LogP contribution in [0.1, 0.15) is 47.0 Å². The largest absolute Gasteiger partial charge is 0.394 e. The minimum atomic E-state index is -0.161. The lowest BCUT2D eigenvalue weighted by Gasteiger charge is -2.36. The number of nitrogens with zero attached hydrogens (tertiary/aromatic N) is 1. The molecule has 0 aromatic carbocycles. The minimum absolute atomic E-state index is 0.161. The van der Waals surface area contributed by atoms with E-state index in [9.17, 15) is 5.11 Å². The lowest BCUT2D eigenvalue weighted by Crippen LogP contribution is -2.56.